The van der Waals surface area contributed by atoms with Gasteiger partial charge in [0.05, 0.1) is 6.61 Å². The second kappa shape index (κ2) is 6.10. The van der Waals surface area contributed by atoms with Gasteiger partial charge < -0.3 is 29.5 Å². The molecule has 0 aliphatic carbocycles. The fourth-order valence-electron chi connectivity index (χ4n) is 1.70. The van der Waals surface area contributed by atoms with E-state index in [4.69, 9.17) is 19.3 Å². The van der Waals surface area contributed by atoms with Gasteiger partial charge in [-0.1, -0.05) is 0 Å². The van der Waals surface area contributed by atoms with E-state index in [1.54, 1.807) is 0 Å². The maximum Gasteiger partial charge on any atom is 0.303 e. The molecule has 1 heterocycles. The monoisotopic (exact) mass is 264 g/mol. The van der Waals surface area contributed by atoms with Crippen LogP contribution in [-0.2, 0) is 23.8 Å². The zero-order valence-electron chi connectivity index (χ0n) is 9.98. The summed E-state index contributed by atoms with van der Waals surface area (Å²) in [6.07, 6.45) is -6.78. The highest BCUT2D eigenvalue weighted by Crippen LogP contribution is 2.24. The van der Waals surface area contributed by atoms with Gasteiger partial charge >= 0.3 is 11.9 Å². The molecule has 18 heavy (non-hydrogen) atoms. The normalized spacial score (nSPS) is 35.9. The van der Waals surface area contributed by atoms with Crippen LogP contribution in [0.1, 0.15) is 13.8 Å². The van der Waals surface area contributed by atoms with Crippen LogP contribution in [0.3, 0.4) is 0 Å². The third-order valence-corrected chi connectivity index (χ3v) is 2.42. The third-order valence-electron chi connectivity index (χ3n) is 2.42. The minimum absolute atomic E-state index is 0.581. The predicted octanol–water partition coefficient (Wildman–Crippen LogP) is -2.08. The summed E-state index contributed by atoms with van der Waals surface area (Å²) in [5.74, 6) is -1.45. The van der Waals surface area contributed by atoms with Crippen LogP contribution in [0.15, 0.2) is 0 Å². The standard InChI is InChI=1S/C10H16O8/c1-4(12)16-8-7(14)6(3-11)18-10(15)9(8)17-5(2)13/h6-11,14-15H,3H2,1-2H3/t6-,7+,8+,9-,10+/m1/s1. The van der Waals surface area contributed by atoms with E-state index in [0.717, 1.165) is 13.8 Å². The number of ether oxygens (including phenoxy) is 3. The van der Waals surface area contributed by atoms with Crippen molar-refractivity contribution in [2.24, 2.45) is 0 Å². The van der Waals surface area contributed by atoms with Gasteiger partial charge in [0.2, 0.25) is 0 Å². The van der Waals surface area contributed by atoms with Gasteiger partial charge in [0.25, 0.3) is 0 Å². The third kappa shape index (κ3) is 3.39. The van der Waals surface area contributed by atoms with E-state index in [1.165, 1.54) is 0 Å². The van der Waals surface area contributed by atoms with E-state index in [-0.39, 0.29) is 0 Å². The first kappa shape index (κ1) is 14.8. The van der Waals surface area contributed by atoms with Crippen molar-refractivity contribution in [2.75, 3.05) is 6.61 Å². The van der Waals surface area contributed by atoms with Crippen LogP contribution in [-0.4, -0.2) is 64.6 Å². The molecular weight excluding hydrogens is 248 g/mol. The zero-order valence-corrected chi connectivity index (χ0v) is 9.98. The number of carbonyl (C=O) groups excluding carboxylic acids is 2. The van der Waals surface area contributed by atoms with E-state index in [1.807, 2.05) is 0 Å². The first-order valence-corrected chi connectivity index (χ1v) is 5.33. The van der Waals surface area contributed by atoms with Crippen molar-refractivity contribution in [3.05, 3.63) is 0 Å². The van der Waals surface area contributed by atoms with Crippen molar-refractivity contribution < 1.29 is 39.1 Å². The van der Waals surface area contributed by atoms with Gasteiger partial charge in [-0.25, -0.2) is 0 Å². The van der Waals surface area contributed by atoms with Crippen LogP contribution in [0, 0.1) is 0 Å². The first-order chi connectivity index (χ1) is 8.36. The Morgan fingerprint density at radius 1 is 1.11 bits per heavy atom. The van der Waals surface area contributed by atoms with Crippen molar-refractivity contribution in [1.82, 2.24) is 0 Å². The molecule has 0 amide bonds. The molecule has 3 N–H and O–H groups in total. The number of hydrogen-bond acceptors (Lipinski definition) is 8. The van der Waals surface area contributed by atoms with Crippen LogP contribution in [0.25, 0.3) is 0 Å². The maximum absolute atomic E-state index is 10.9. The van der Waals surface area contributed by atoms with Gasteiger partial charge in [-0.2, -0.15) is 0 Å². The van der Waals surface area contributed by atoms with Gasteiger partial charge in [-0.15, -0.1) is 0 Å². The Morgan fingerprint density at radius 2 is 1.61 bits per heavy atom. The lowest BCUT2D eigenvalue weighted by Gasteiger charge is -2.40. The molecule has 1 rings (SSSR count). The van der Waals surface area contributed by atoms with E-state index < -0.39 is 49.3 Å². The van der Waals surface area contributed by atoms with Crippen LogP contribution < -0.4 is 0 Å². The average Bonchev–Trinajstić information content (AvgIpc) is 2.27. The molecule has 0 radical (unpaired) electrons. The molecule has 0 bridgehead atoms. The van der Waals surface area contributed by atoms with Crippen LogP contribution >= 0.6 is 0 Å². The van der Waals surface area contributed by atoms with Gasteiger partial charge in [-0.05, 0) is 0 Å². The summed E-state index contributed by atoms with van der Waals surface area (Å²) in [5, 5.41) is 28.4. The molecule has 0 aromatic rings. The molecule has 5 atom stereocenters. The minimum atomic E-state index is -1.60. The van der Waals surface area contributed by atoms with E-state index in [2.05, 4.69) is 0 Å². The summed E-state index contributed by atoms with van der Waals surface area (Å²) >= 11 is 0. The van der Waals surface area contributed by atoms with Crippen molar-refractivity contribution >= 4 is 11.9 Å². The molecule has 0 aromatic heterocycles. The number of aliphatic hydroxyl groups is 3. The maximum atomic E-state index is 10.9. The van der Waals surface area contributed by atoms with Gasteiger partial charge in [0.15, 0.2) is 18.5 Å². The minimum Gasteiger partial charge on any atom is -0.455 e. The second-order valence-electron chi connectivity index (χ2n) is 3.89. The molecule has 104 valence electrons. The first-order valence-electron chi connectivity index (χ1n) is 5.33. The Morgan fingerprint density at radius 3 is 2.06 bits per heavy atom. The van der Waals surface area contributed by atoms with E-state index in [0.29, 0.717) is 0 Å². The van der Waals surface area contributed by atoms with Crippen molar-refractivity contribution in [1.29, 1.82) is 0 Å². The molecule has 0 spiro atoms. The molecule has 1 aliphatic rings. The Labute approximate surface area is 103 Å². The Kier molecular flexibility index (Phi) is 5.03. The molecule has 0 saturated carbocycles. The number of hydrogen-bond donors (Lipinski definition) is 3. The molecule has 1 saturated heterocycles. The summed E-state index contributed by atoms with van der Waals surface area (Å²) in [7, 11) is 0. The van der Waals surface area contributed by atoms with Crippen molar-refractivity contribution in [3.63, 3.8) is 0 Å². The predicted molar refractivity (Wildman–Crippen MR) is 55.1 cm³/mol. The smallest absolute Gasteiger partial charge is 0.303 e. The molecule has 8 heteroatoms. The zero-order chi connectivity index (χ0) is 13.9. The molecule has 1 aliphatic heterocycles. The largest absolute Gasteiger partial charge is 0.455 e. The van der Waals surface area contributed by atoms with E-state index in [9.17, 15) is 19.8 Å². The van der Waals surface area contributed by atoms with Gasteiger partial charge in [0, 0.05) is 13.8 Å². The Hall–Kier alpha value is -1.22. The van der Waals surface area contributed by atoms with Crippen molar-refractivity contribution in [2.45, 2.75) is 44.6 Å². The summed E-state index contributed by atoms with van der Waals surface area (Å²) in [6.45, 7) is 1.62. The van der Waals surface area contributed by atoms with E-state index >= 15 is 0 Å². The highest BCUT2D eigenvalue weighted by Gasteiger charge is 2.48. The highest BCUT2D eigenvalue weighted by atomic mass is 16.7. The quantitative estimate of drug-likeness (QED) is 0.496. The lowest BCUT2D eigenvalue weighted by atomic mass is 9.99. The molecule has 0 aromatic carbocycles. The van der Waals surface area contributed by atoms with Gasteiger partial charge in [-0.3, -0.25) is 9.59 Å². The number of carbonyl (C=O) groups is 2. The molecule has 0 unspecified atom stereocenters. The number of esters is 2. The highest BCUT2D eigenvalue weighted by molar-refractivity contribution is 5.67. The Balaban J connectivity index is 2.89. The lowest BCUT2D eigenvalue weighted by Crippen LogP contribution is -2.60. The SMILES string of the molecule is CC(=O)O[C@@H]1[C@@H](OC(C)=O)[C@@H](O)[C@@H](CO)O[C@@H]1O. The number of rotatable bonds is 3. The Bertz CT molecular complexity index is 317. The summed E-state index contributed by atoms with van der Waals surface area (Å²) in [6, 6.07) is 0. The lowest BCUT2D eigenvalue weighted by molar-refractivity contribution is -0.293. The van der Waals surface area contributed by atoms with Crippen LogP contribution in [0.2, 0.25) is 0 Å². The molecule has 1 fully saturated rings. The average molecular weight is 264 g/mol. The van der Waals surface area contributed by atoms with Gasteiger partial charge in [0.1, 0.15) is 12.2 Å². The molecular formula is C10H16O8. The topological polar surface area (TPSA) is 123 Å². The van der Waals surface area contributed by atoms with Crippen molar-refractivity contribution in [3.8, 4) is 0 Å². The second-order valence-corrected chi connectivity index (χ2v) is 3.89. The molecule has 8 nitrogen and oxygen atoms in total. The number of aliphatic hydroxyl groups excluding tert-OH is 3. The van der Waals surface area contributed by atoms with Crippen LogP contribution in [0.5, 0.6) is 0 Å². The summed E-state index contributed by atoms with van der Waals surface area (Å²) in [4.78, 5) is 21.8. The fourth-order valence-corrected chi connectivity index (χ4v) is 1.70. The summed E-state index contributed by atoms with van der Waals surface area (Å²) in [5.41, 5.74) is 0. The summed E-state index contributed by atoms with van der Waals surface area (Å²) < 4.78 is 14.4. The fraction of sp³-hybridized carbons (Fsp3) is 0.800. The van der Waals surface area contributed by atoms with Crippen LogP contribution in [0.4, 0.5) is 0 Å².